The molecule has 0 aliphatic carbocycles. The zero-order valence-corrected chi connectivity index (χ0v) is 36.0. The van der Waals surface area contributed by atoms with Gasteiger partial charge in [0.15, 0.2) is 0 Å². The number of aryl methyl sites for hydroxylation is 1. The van der Waals surface area contributed by atoms with E-state index in [-0.39, 0.29) is 25.5 Å². The molecular weight excluding hydrogens is 843 g/mol. The first-order valence-electron chi connectivity index (χ1n) is 18.7. The van der Waals surface area contributed by atoms with Gasteiger partial charge in [0.05, 0.1) is 19.4 Å². The molecule has 0 bridgehead atoms. The Morgan fingerprint density at radius 1 is 0.755 bits per heavy atom. The van der Waals surface area contributed by atoms with Crippen LogP contribution in [0.2, 0.25) is 19.6 Å². The zero-order chi connectivity index (χ0) is 37.0. The Hall–Kier alpha value is -4.22. The van der Waals surface area contributed by atoms with Gasteiger partial charge < -0.3 is 14.4 Å². The fourth-order valence-corrected chi connectivity index (χ4v) is 8.54. The standard InChI is InChI=1S/C27H23N2O.C20H28NSi.Ir/c1-3-18(4-2)20-15-16-28-25(17-20)23-12-8-11-21-22-13-14-24(19-9-6-5-7-10-19)29-27(22)30-26(21)23;1-8-15-13-18(21-14-19(15)22(5,6)7)16-10-9-11-17(12-16)20(2,3)4;/h5-11,13-18H,3-4H2,1-2H3;9,11-14H,8H2,1-7H3;/q2*-1;. The number of benzene rings is 3. The van der Waals surface area contributed by atoms with Gasteiger partial charge in [-0.2, -0.15) is 0 Å². The van der Waals surface area contributed by atoms with Crippen molar-refractivity contribution in [2.24, 2.45) is 0 Å². The van der Waals surface area contributed by atoms with Crippen LogP contribution in [0.5, 0.6) is 0 Å². The first kappa shape index (κ1) is 40.0. The number of hydrogen-bond donors (Lipinski definition) is 0. The van der Waals surface area contributed by atoms with Crippen LogP contribution in [0.3, 0.4) is 0 Å². The maximum absolute atomic E-state index is 6.27. The van der Waals surface area contributed by atoms with E-state index >= 15 is 0 Å². The van der Waals surface area contributed by atoms with Crippen LogP contribution >= 0.6 is 0 Å². The van der Waals surface area contributed by atoms with Crippen molar-refractivity contribution in [1.82, 2.24) is 15.0 Å². The van der Waals surface area contributed by atoms with E-state index in [1.165, 1.54) is 21.9 Å². The Morgan fingerprint density at radius 3 is 2.17 bits per heavy atom. The summed E-state index contributed by atoms with van der Waals surface area (Å²) in [7, 11) is -1.34. The number of furan rings is 1. The zero-order valence-electron chi connectivity index (χ0n) is 32.6. The molecule has 7 aromatic rings. The molecule has 6 heteroatoms. The maximum atomic E-state index is 6.27. The Morgan fingerprint density at radius 2 is 1.49 bits per heavy atom. The molecule has 275 valence electrons. The van der Waals surface area contributed by atoms with Gasteiger partial charge in [0.2, 0.25) is 5.71 Å². The quantitative estimate of drug-likeness (QED) is 0.113. The second-order valence-corrected chi connectivity index (χ2v) is 20.7. The normalized spacial score (nSPS) is 11.7. The van der Waals surface area contributed by atoms with Gasteiger partial charge in [0.25, 0.3) is 0 Å². The summed E-state index contributed by atoms with van der Waals surface area (Å²) in [6, 6.07) is 38.0. The summed E-state index contributed by atoms with van der Waals surface area (Å²) >= 11 is 0. The predicted molar refractivity (Wildman–Crippen MR) is 222 cm³/mol. The van der Waals surface area contributed by atoms with Gasteiger partial charge in [-0.25, -0.2) is 4.98 Å². The molecular formula is C47H51IrN3OSi-2. The summed E-state index contributed by atoms with van der Waals surface area (Å²) < 4.78 is 6.27. The third-order valence-electron chi connectivity index (χ3n) is 9.99. The summed E-state index contributed by atoms with van der Waals surface area (Å²) in [6.07, 6.45) is 7.30. The minimum Gasteiger partial charge on any atom is -0.486 e. The SMILES string of the molecule is CCC(CC)c1ccnc(-c2[c-]ccc3c2oc2nc(-c4ccccc4)ccc23)c1.CCc1cc(-c2[c-]ccc(C(C)(C)C)c2)ncc1[Si](C)(C)C.[Ir]. The molecule has 1 radical (unpaired) electrons. The molecule has 4 nitrogen and oxygen atoms in total. The van der Waals surface area contributed by atoms with Crippen LogP contribution < -0.4 is 5.19 Å². The molecule has 53 heavy (non-hydrogen) atoms. The Labute approximate surface area is 330 Å². The van der Waals surface area contributed by atoms with E-state index in [0.29, 0.717) is 11.6 Å². The molecule has 4 aromatic heterocycles. The van der Waals surface area contributed by atoms with Crippen LogP contribution in [-0.2, 0) is 31.9 Å². The molecule has 0 saturated heterocycles. The van der Waals surface area contributed by atoms with Crippen LogP contribution in [0.25, 0.3) is 55.8 Å². The van der Waals surface area contributed by atoms with Crippen LogP contribution in [-0.4, -0.2) is 23.0 Å². The Balaban J connectivity index is 0.000000211. The number of nitrogens with zero attached hydrogens (tertiary/aromatic N) is 3. The molecule has 0 unspecified atom stereocenters. The van der Waals surface area contributed by atoms with Crippen molar-refractivity contribution >= 4 is 35.3 Å². The van der Waals surface area contributed by atoms with E-state index in [1.807, 2.05) is 42.6 Å². The number of rotatable bonds is 8. The van der Waals surface area contributed by atoms with Crippen LogP contribution in [0.15, 0.2) is 108 Å². The van der Waals surface area contributed by atoms with Crippen molar-refractivity contribution in [3.8, 4) is 33.8 Å². The van der Waals surface area contributed by atoms with Crippen molar-refractivity contribution in [3.63, 3.8) is 0 Å². The molecule has 7 rings (SSSR count). The molecule has 4 heterocycles. The molecule has 0 aliphatic rings. The number of pyridine rings is 3. The van der Waals surface area contributed by atoms with Crippen LogP contribution in [0, 0.1) is 12.1 Å². The van der Waals surface area contributed by atoms with E-state index in [9.17, 15) is 0 Å². The van der Waals surface area contributed by atoms with Crippen molar-refractivity contribution in [2.45, 2.75) is 91.8 Å². The molecule has 0 aliphatic heterocycles. The van der Waals surface area contributed by atoms with Crippen LogP contribution in [0.4, 0.5) is 0 Å². The first-order chi connectivity index (χ1) is 24.9. The second-order valence-electron chi connectivity index (χ2n) is 15.7. The summed E-state index contributed by atoms with van der Waals surface area (Å²) in [5.74, 6) is 0.539. The summed E-state index contributed by atoms with van der Waals surface area (Å²) in [5.41, 5.74) is 11.6. The van der Waals surface area contributed by atoms with Gasteiger partial charge in [-0.05, 0) is 65.4 Å². The van der Waals surface area contributed by atoms with E-state index < -0.39 is 8.07 Å². The van der Waals surface area contributed by atoms with E-state index in [1.54, 1.807) is 0 Å². The fourth-order valence-electron chi connectivity index (χ4n) is 6.87. The maximum Gasteiger partial charge on any atom is 0.216 e. The summed E-state index contributed by atoms with van der Waals surface area (Å²) in [6.45, 7) is 20.6. The minimum atomic E-state index is -1.34. The average molecular weight is 894 g/mol. The molecule has 3 aromatic carbocycles. The van der Waals surface area contributed by atoms with Crippen molar-refractivity contribution in [2.75, 3.05) is 0 Å². The topological polar surface area (TPSA) is 51.8 Å². The van der Waals surface area contributed by atoms with Gasteiger partial charge >= 0.3 is 0 Å². The third kappa shape index (κ3) is 8.95. The van der Waals surface area contributed by atoms with Crippen molar-refractivity contribution in [1.29, 1.82) is 0 Å². The summed E-state index contributed by atoms with van der Waals surface area (Å²) in [5, 5.41) is 3.53. The van der Waals surface area contributed by atoms with E-state index in [0.717, 1.165) is 69.4 Å². The average Bonchev–Trinajstić information content (AvgIpc) is 3.53. The minimum absolute atomic E-state index is 0. The largest absolute Gasteiger partial charge is 0.486 e. The van der Waals surface area contributed by atoms with Gasteiger partial charge in [-0.15, -0.1) is 53.6 Å². The number of fused-ring (bicyclic) bond motifs is 3. The smallest absolute Gasteiger partial charge is 0.216 e. The summed E-state index contributed by atoms with van der Waals surface area (Å²) in [4.78, 5) is 14.2. The molecule has 0 atom stereocenters. The number of hydrogen-bond acceptors (Lipinski definition) is 4. The van der Waals surface area contributed by atoms with Gasteiger partial charge in [0, 0.05) is 43.4 Å². The monoisotopic (exact) mass is 894 g/mol. The Kier molecular flexibility index (Phi) is 12.7. The van der Waals surface area contributed by atoms with Gasteiger partial charge in [0.1, 0.15) is 0 Å². The van der Waals surface area contributed by atoms with Crippen LogP contribution in [0.1, 0.15) is 77.0 Å². The molecule has 0 spiro atoms. The molecule has 0 fully saturated rings. The molecule has 0 N–H and O–H groups in total. The molecule has 0 saturated carbocycles. The van der Waals surface area contributed by atoms with Crippen molar-refractivity contribution < 1.29 is 24.5 Å². The van der Waals surface area contributed by atoms with E-state index in [2.05, 4.69) is 139 Å². The van der Waals surface area contributed by atoms with Gasteiger partial charge in [-0.1, -0.05) is 126 Å². The second kappa shape index (κ2) is 16.8. The Bertz CT molecular complexity index is 2300. The van der Waals surface area contributed by atoms with Gasteiger partial charge in [-0.3, -0.25) is 0 Å². The van der Waals surface area contributed by atoms with Crippen molar-refractivity contribution in [3.05, 3.63) is 132 Å². The molecule has 0 amide bonds. The first-order valence-corrected chi connectivity index (χ1v) is 22.2. The third-order valence-corrected chi connectivity index (χ3v) is 12.1. The number of aromatic nitrogens is 3. The fraction of sp³-hybridized carbons (Fsp3) is 0.298. The predicted octanol–water partition coefficient (Wildman–Crippen LogP) is 12.4. The van der Waals surface area contributed by atoms with E-state index in [4.69, 9.17) is 14.4 Å².